The van der Waals surface area contributed by atoms with Crippen LogP contribution in [0.5, 0.6) is 11.5 Å². The van der Waals surface area contributed by atoms with E-state index in [1.54, 1.807) is 17.0 Å². The normalized spacial score (nSPS) is 21.7. The zero-order chi connectivity index (χ0) is 18.1. The summed E-state index contributed by atoms with van der Waals surface area (Å²) in [6, 6.07) is 14.5. The van der Waals surface area contributed by atoms with Crippen LogP contribution in [0.25, 0.3) is 0 Å². The summed E-state index contributed by atoms with van der Waals surface area (Å²) in [4.78, 5) is 26.2. The van der Waals surface area contributed by atoms with E-state index in [0.717, 1.165) is 11.1 Å². The molecular weight excluding hydrogens is 334 g/mol. The van der Waals surface area contributed by atoms with Gasteiger partial charge in [-0.05, 0) is 29.7 Å². The van der Waals surface area contributed by atoms with Crippen molar-refractivity contribution in [2.75, 3.05) is 6.79 Å². The van der Waals surface area contributed by atoms with Gasteiger partial charge in [0.2, 0.25) is 12.7 Å². The summed E-state index contributed by atoms with van der Waals surface area (Å²) in [6.45, 7) is 0.529. The number of benzene rings is 2. The molecule has 0 aromatic heterocycles. The number of hydrogen-bond donors (Lipinski definition) is 1. The van der Waals surface area contributed by atoms with Crippen molar-refractivity contribution in [1.29, 1.82) is 0 Å². The molecule has 0 aliphatic carbocycles. The van der Waals surface area contributed by atoms with Crippen molar-refractivity contribution in [3.63, 3.8) is 0 Å². The van der Waals surface area contributed by atoms with Crippen LogP contribution in [-0.2, 0) is 16.1 Å². The molecule has 26 heavy (non-hydrogen) atoms. The van der Waals surface area contributed by atoms with Crippen molar-refractivity contribution < 1.29 is 24.2 Å². The predicted octanol–water partition coefficient (Wildman–Crippen LogP) is 2.98. The first-order chi connectivity index (χ1) is 12.6. The van der Waals surface area contributed by atoms with E-state index in [0.29, 0.717) is 24.5 Å². The number of carbonyl (C=O) groups excluding carboxylic acids is 1. The van der Waals surface area contributed by atoms with Crippen molar-refractivity contribution >= 4 is 11.9 Å². The van der Waals surface area contributed by atoms with Gasteiger partial charge in [0.1, 0.15) is 0 Å². The topological polar surface area (TPSA) is 76.1 Å². The minimum atomic E-state index is -0.891. The lowest BCUT2D eigenvalue weighted by Gasteiger charge is -2.40. The highest BCUT2D eigenvalue weighted by Gasteiger charge is 2.41. The number of nitrogens with zero attached hydrogens (tertiary/aromatic N) is 1. The number of fused-ring (bicyclic) bond motifs is 1. The van der Waals surface area contributed by atoms with Crippen LogP contribution in [0.4, 0.5) is 0 Å². The van der Waals surface area contributed by atoms with Crippen molar-refractivity contribution in [3.8, 4) is 11.5 Å². The molecule has 0 saturated carbocycles. The quantitative estimate of drug-likeness (QED) is 0.914. The van der Waals surface area contributed by atoms with Gasteiger partial charge in [0.25, 0.3) is 0 Å². The van der Waals surface area contributed by atoms with Crippen molar-refractivity contribution in [2.24, 2.45) is 5.92 Å². The van der Waals surface area contributed by atoms with E-state index in [1.807, 2.05) is 36.4 Å². The summed E-state index contributed by atoms with van der Waals surface area (Å²) in [7, 11) is 0. The highest BCUT2D eigenvalue weighted by Crippen LogP contribution is 2.42. The van der Waals surface area contributed by atoms with E-state index < -0.39 is 17.9 Å². The standard InChI is InChI=1S/C20H19NO5/c22-18-9-7-15(20(23)24)19(21(18)11-13-4-2-1-3-5-13)14-6-8-16-17(10-14)26-12-25-16/h1-6,8,10,15,19H,7,9,11-12H2,(H,23,24)/t15-,19+/m0/s1. The number of aliphatic carboxylic acids is 1. The van der Waals surface area contributed by atoms with Crippen LogP contribution in [0.15, 0.2) is 48.5 Å². The summed E-state index contributed by atoms with van der Waals surface area (Å²) in [5, 5.41) is 9.74. The maximum absolute atomic E-state index is 12.7. The van der Waals surface area contributed by atoms with Gasteiger partial charge in [-0.3, -0.25) is 9.59 Å². The molecule has 1 amide bonds. The van der Waals surface area contributed by atoms with Crippen LogP contribution in [0.2, 0.25) is 0 Å². The molecule has 1 saturated heterocycles. The summed E-state index contributed by atoms with van der Waals surface area (Å²) in [5.74, 6) is -0.356. The zero-order valence-electron chi connectivity index (χ0n) is 14.1. The van der Waals surface area contributed by atoms with Crippen LogP contribution >= 0.6 is 0 Å². The molecule has 134 valence electrons. The van der Waals surface area contributed by atoms with Crippen LogP contribution in [-0.4, -0.2) is 28.7 Å². The largest absolute Gasteiger partial charge is 0.481 e. The molecule has 1 fully saturated rings. The first-order valence-corrected chi connectivity index (χ1v) is 8.59. The molecule has 2 aliphatic heterocycles. The highest BCUT2D eigenvalue weighted by atomic mass is 16.7. The van der Waals surface area contributed by atoms with Crippen molar-refractivity contribution in [1.82, 2.24) is 4.90 Å². The molecule has 2 atom stereocenters. The number of rotatable bonds is 4. The molecular formula is C20H19NO5. The summed E-state index contributed by atoms with van der Waals surface area (Å²) < 4.78 is 10.8. The zero-order valence-corrected chi connectivity index (χ0v) is 14.1. The third kappa shape index (κ3) is 2.98. The summed E-state index contributed by atoms with van der Waals surface area (Å²) in [6.07, 6.45) is 0.573. The first-order valence-electron chi connectivity index (χ1n) is 8.59. The smallest absolute Gasteiger partial charge is 0.308 e. The number of carboxylic acid groups (broad SMARTS) is 1. The SMILES string of the molecule is O=C(O)[C@H]1CCC(=O)N(Cc2ccccc2)[C@@H]1c1ccc2c(c1)OCO2. The Hall–Kier alpha value is -3.02. The molecule has 6 nitrogen and oxygen atoms in total. The van der Waals surface area contributed by atoms with Crippen LogP contribution in [0.3, 0.4) is 0 Å². The molecule has 2 aromatic carbocycles. The molecule has 4 rings (SSSR count). The molecule has 2 heterocycles. The summed E-state index contributed by atoms with van der Waals surface area (Å²) >= 11 is 0. The van der Waals surface area contributed by atoms with Gasteiger partial charge < -0.3 is 19.5 Å². The van der Waals surface area contributed by atoms with Crippen molar-refractivity contribution in [3.05, 3.63) is 59.7 Å². The molecule has 2 aliphatic rings. The third-order valence-corrected chi connectivity index (χ3v) is 4.96. The number of carboxylic acids is 1. The van der Waals surface area contributed by atoms with E-state index in [1.165, 1.54) is 0 Å². The van der Waals surface area contributed by atoms with Gasteiger partial charge in [-0.2, -0.15) is 0 Å². The van der Waals surface area contributed by atoms with E-state index in [2.05, 4.69) is 0 Å². The molecule has 0 radical (unpaired) electrons. The van der Waals surface area contributed by atoms with Gasteiger partial charge in [0, 0.05) is 13.0 Å². The number of piperidine rings is 1. The maximum Gasteiger partial charge on any atom is 0.308 e. The van der Waals surface area contributed by atoms with Gasteiger partial charge >= 0.3 is 5.97 Å². The molecule has 1 N–H and O–H groups in total. The Balaban J connectivity index is 1.73. The number of hydrogen-bond acceptors (Lipinski definition) is 4. The number of amides is 1. The molecule has 2 aromatic rings. The van der Waals surface area contributed by atoms with E-state index in [9.17, 15) is 14.7 Å². The monoisotopic (exact) mass is 353 g/mol. The van der Waals surface area contributed by atoms with E-state index >= 15 is 0 Å². The number of carbonyl (C=O) groups is 2. The fraction of sp³-hybridized carbons (Fsp3) is 0.300. The molecule has 0 bridgehead atoms. The Morgan fingerprint density at radius 2 is 1.88 bits per heavy atom. The van der Waals surface area contributed by atoms with Gasteiger partial charge in [-0.1, -0.05) is 36.4 Å². The fourth-order valence-electron chi connectivity index (χ4n) is 3.69. The second-order valence-corrected chi connectivity index (χ2v) is 6.55. The fourth-order valence-corrected chi connectivity index (χ4v) is 3.69. The molecule has 6 heteroatoms. The van der Waals surface area contributed by atoms with Crippen LogP contribution < -0.4 is 9.47 Å². The molecule has 0 spiro atoms. The van der Waals surface area contributed by atoms with Gasteiger partial charge in [0.05, 0.1) is 12.0 Å². The van der Waals surface area contributed by atoms with Gasteiger partial charge in [0.15, 0.2) is 11.5 Å². The lowest BCUT2D eigenvalue weighted by molar-refractivity contribution is -0.152. The highest BCUT2D eigenvalue weighted by molar-refractivity contribution is 5.82. The molecule has 0 unspecified atom stereocenters. The number of likely N-dealkylation sites (tertiary alicyclic amines) is 1. The summed E-state index contributed by atoms with van der Waals surface area (Å²) in [5.41, 5.74) is 1.73. The third-order valence-electron chi connectivity index (χ3n) is 4.96. The minimum absolute atomic E-state index is 0.0333. The Morgan fingerprint density at radius 3 is 2.65 bits per heavy atom. The Labute approximate surface area is 151 Å². The minimum Gasteiger partial charge on any atom is -0.481 e. The van der Waals surface area contributed by atoms with Gasteiger partial charge in [-0.15, -0.1) is 0 Å². The lowest BCUT2D eigenvalue weighted by Crippen LogP contribution is -2.44. The van der Waals surface area contributed by atoms with Crippen molar-refractivity contribution in [2.45, 2.75) is 25.4 Å². The van der Waals surface area contributed by atoms with E-state index in [-0.39, 0.29) is 19.1 Å². The average Bonchev–Trinajstić information content (AvgIpc) is 3.11. The Morgan fingerprint density at radius 1 is 1.12 bits per heavy atom. The lowest BCUT2D eigenvalue weighted by atomic mass is 9.84. The predicted molar refractivity (Wildman–Crippen MR) is 92.7 cm³/mol. The van der Waals surface area contributed by atoms with Gasteiger partial charge in [-0.25, -0.2) is 0 Å². The number of ether oxygens (including phenoxy) is 2. The second kappa shape index (κ2) is 6.71. The van der Waals surface area contributed by atoms with Crippen LogP contribution in [0, 0.1) is 5.92 Å². The maximum atomic E-state index is 12.7. The first kappa shape index (κ1) is 16.4. The Bertz CT molecular complexity index is 835. The average molecular weight is 353 g/mol. The van der Waals surface area contributed by atoms with E-state index in [4.69, 9.17) is 9.47 Å². The second-order valence-electron chi connectivity index (χ2n) is 6.55. The van der Waals surface area contributed by atoms with Crippen LogP contribution in [0.1, 0.15) is 30.0 Å². The Kier molecular flexibility index (Phi) is 4.24.